The van der Waals surface area contributed by atoms with E-state index >= 15 is 0 Å². The minimum atomic E-state index is -4.66. The zero-order chi connectivity index (χ0) is 29.7. The zero-order valence-electron chi connectivity index (χ0n) is 21.7. The number of benzene rings is 3. The molecule has 7 nitrogen and oxygen atoms in total. The summed E-state index contributed by atoms with van der Waals surface area (Å²) < 4.78 is 55.9. The predicted octanol–water partition coefficient (Wildman–Crippen LogP) is 7.77. The van der Waals surface area contributed by atoms with Crippen LogP contribution >= 0.6 is 0 Å². The van der Waals surface area contributed by atoms with Crippen LogP contribution < -0.4 is 0 Å². The van der Waals surface area contributed by atoms with Crippen LogP contribution in [0.15, 0.2) is 83.1 Å². The Morgan fingerprint density at radius 1 is 1.00 bits per heavy atom. The minimum absolute atomic E-state index is 0.0108. The third kappa shape index (κ3) is 4.94. The van der Waals surface area contributed by atoms with E-state index in [1.54, 1.807) is 18.2 Å². The van der Waals surface area contributed by atoms with Crippen LogP contribution in [0.2, 0.25) is 0 Å². The highest BCUT2D eigenvalue weighted by atomic mass is 19.4. The van der Waals surface area contributed by atoms with E-state index in [1.807, 2.05) is 13.8 Å². The van der Waals surface area contributed by atoms with Gasteiger partial charge >= 0.3 is 12.1 Å². The average molecular weight is 566 g/mol. The van der Waals surface area contributed by atoms with Crippen molar-refractivity contribution >= 4 is 28.1 Å². The van der Waals surface area contributed by atoms with Gasteiger partial charge in [0.15, 0.2) is 5.69 Å². The van der Waals surface area contributed by atoms with E-state index in [2.05, 4.69) is 10.2 Å². The molecule has 1 atom stereocenters. The van der Waals surface area contributed by atoms with Gasteiger partial charge in [-0.05, 0) is 85.2 Å². The molecule has 0 spiro atoms. The number of aromatic hydroxyl groups is 2. The Morgan fingerprint density at radius 3 is 2.44 bits per heavy atom. The van der Waals surface area contributed by atoms with E-state index in [4.69, 9.17) is 0 Å². The molecule has 3 aromatic carbocycles. The molecule has 0 fully saturated rings. The molecular formula is C30H23F4N3O4. The first kappa shape index (κ1) is 27.6. The second-order valence-electron chi connectivity index (χ2n) is 9.82. The summed E-state index contributed by atoms with van der Waals surface area (Å²) in [6.45, 7) is 3.68. The maximum absolute atomic E-state index is 13.9. The number of phenolic OH excluding ortho intramolecular Hbond substituents is 1. The Kier molecular flexibility index (Phi) is 6.68. The molecule has 4 aromatic rings. The summed E-state index contributed by atoms with van der Waals surface area (Å²) in [6.07, 6.45) is -0.847. The van der Waals surface area contributed by atoms with Gasteiger partial charge in [0, 0.05) is 23.1 Å². The average Bonchev–Trinajstić information content (AvgIpc) is 3.20. The summed E-state index contributed by atoms with van der Waals surface area (Å²) >= 11 is 0. The Labute approximate surface area is 231 Å². The van der Waals surface area contributed by atoms with Crippen LogP contribution in [-0.4, -0.2) is 31.4 Å². The number of fused-ring (bicyclic) bond motifs is 1. The monoisotopic (exact) mass is 565 g/mol. The maximum Gasteiger partial charge on any atom is 0.416 e. The SMILES string of the molecule is Cc1ccc(-n2c(O)c(N=NC3(C(=O)O)C=CC=C(c4cc(F)ccc4O)C3)c3ccc(C(F)(F)F)cc32)cc1C. The molecule has 5 rings (SSSR count). The number of hydrogen-bond donors (Lipinski definition) is 3. The molecule has 0 radical (unpaired) electrons. The number of alkyl halides is 3. The Bertz CT molecular complexity index is 1800. The van der Waals surface area contributed by atoms with Crippen LogP contribution in [0.3, 0.4) is 0 Å². The molecule has 0 saturated carbocycles. The largest absolute Gasteiger partial charge is 0.507 e. The van der Waals surface area contributed by atoms with Crippen LogP contribution in [-0.2, 0) is 11.0 Å². The fourth-order valence-electron chi connectivity index (χ4n) is 4.74. The Balaban J connectivity index is 1.66. The number of hydrogen-bond acceptors (Lipinski definition) is 5. The van der Waals surface area contributed by atoms with Crippen molar-refractivity contribution in [3.8, 4) is 17.3 Å². The van der Waals surface area contributed by atoms with Crippen LogP contribution in [0.5, 0.6) is 11.6 Å². The van der Waals surface area contributed by atoms with Crippen molar-refractivity contribution < 1.29 is 37.7 Å². The highest BCUT2D eigenvalue weighted by Gasteiger charge is 2.40. The van der Waals surface area contributed by atoms with E-state index in [9.17, 15) is 37.7 Å². The lowest BCUT2D eigenvalue weighted by molar-refractivity contribution is -0.141. The van der Waals surface area contributed by atoms with Crippen molar-refractivity contribution in [3.63, 3.8) is 0 Å². The van der Waals surface area contributed by atoms with Crippen LogP contribution in [0.4, 0.5) is 23.2 Å². The quantitative estimate of drug-likeness (QED) is 0.170. The third-order valence-electron chi connectivity index (χ3n) is 7.13. The second-order valence-corrected chi connectivity index (χ2v) is 9.82. The molecule has 1 aliphatic rings. The van der Waals surface area contributed by atoms with E-state index < -0.39 is 34.9 Å². The Morgan fingerprint density at radius 2 is 1.76 bits per heavy atom. The molecule has 1 heterocycles. The first-order valence-corrected chi connectivity index (χ1v) is 12.4. The van der Waals surface area contributed by atoms with Gasteiger partial charge in [-0.3, -0.25) is 4.57 Å². The summed E-state index contributed by atoms with van der Waals surface area (Å²) in [7, 11) is 0. The summed E-state index contributed by atoms with van der Waals surface area (Å²) in [5.74, 6) is -2.86. The minimum Gasteiger partial charge on any atom is -0.507 e. The highest BCUT2D eigenvalue weighted by molar-refractivity contribution is 5.97. The summed E-state index contributed by atoms with van der Waals surface area (Å²) in [4.78, 5) is 12.5. The molecule has 0 amide bonds. The summed E-state index contributed by atoms with van der Waals surface area (Å²) in [5.41, 5.74) is -0.736. The van der Waals surface area contributed by atoms with Gasteiger partial charge in [-0.2, -0.15) is 18.3 Å². The molecule has 41 heavy (non-hydrogen) atoms. The lowest BCUT2D eigenvalue weighted by Crippen LogP contribution is -2.35. The number of allylic oxidation sites excluding steroid dienone is 2. The van der Waals surface area contributed by atoms with Gasteiger partial charge in [-0.1, -0.05) is 18.2 Å². The maximum atomic E-state index is 13.9. The van der Waals surface area contributed by atoms with Gasteiger partial charge in [-0.25, -0.2) is 9.18 Å². The molecule has 0 aliphatic heterocycles. The van der Waals surface area contributed by atoms with Crippen molar-refractivity contribution in [2.45, 2.75) is 32.0 Å². The third-order valence-corrected chi connectivity index (χ3v) is 7.13. The predicted molar refractivity (Wildman–Crippen MR) is 144 cm³/mol. The van der Waals surface area contributed by atoms with Crippen LogP contribution in [0.1, 0.15) is 28.7 Å². The van der Waals surface area contributed by atoms with Crippen molar-refractivity contribution in [2.75, 3.05) is 0 Å². The second kappa shape index (κ2) is 9.92. The zero-order valence-corrected chi connectivity index (χ0v) is 21.7. The molecule has 3 N–H and O–H groups in total. The summed E-state index contributed by atoms with van der Waals surface area (Å²) in [6, 6.07) is 11.2. The number of aliphatic carboxylic acids is 1. The number of aryl methyl sites for hydroxylation is 2. The number of rotatable bonds is 5. The number of nitrogens with zero attached hydrogens (tertiary/aromatic N) is 3. The Hall–Kier alpha value is -4.93. The highest BCUT2D eigenvalue weighted by Crippen LogP contribution is 2.45. The number of azo groups is 1. The normalized spacial score (nSPS) is 17.4. The van der Waals surface area contributed by atoms with E-state index in [1.165, 1.54) is 22.8 Å². The fraction of sp³-hybridized carbons (Fsp3) is 0.167. The van der Waals surface area contributed by atoms with E-state index in [-0.39, 0.29) is 39.9 Å². The summed E-state index contributed by atoms with van der Waals surface area (Å²) in [5, 5.41) is 39.9. The molecule has 1 unspecified atom stereocenters. The topological polar surface area (TPSA) is 107 Å². The molecule has 0 saturated heterocycles. The van der Waals surface area contributed by atoms with Gasteiger partial charge in [0.2, 0.25) is 11.4 Å². The van der Waals surface area contributed by atoms with Gasteiger partial charge < -0.3 is 15.3 Å². The fourth-order valence-corrected chi connectivity index (χ4v) is 4.74. The van der Waals surface area contributed by atoms with Crippen molar-refractivity contribution in [2.24, 2.45) is 10.2 Å². The number of carboxylic acids is 1. The number of phenols is 1. The number of carbonyl (C=O) groups is 1. The molecule has 11 heteroatoms. The van der Waals surface area contributed by atoms with Gasteiger partial charge in [-0.15, -0.1) is 5.11 Å². The standard InChI is InChI=1S/C30H23F4N3O4/c1-16-5-8-21(12-17(16)2)37-24-13-19(30(32,33)34)6-9-22(24)26(27(37)39)35-36-29(28(40)41)11-3-4-18(15-29)23-14-20(31)7-10-25(23)38/h3-14,38-39H,15H2,1-2H3,(H,40,41). The van der Waals surface area contributed by atoms with Crippen LogP contribution in [0, 0.1) is 19.7 Å². The van der Waals surface area contributed by atoms with Crippen molar-refractivity contribution in [1.82, 2.24) is 4.57 Å². The molecular weight excluding hydrogens is 542 g/mol. The molecule has 210 valence electrons. The van der Waals surface area contributed by atoms with Gasteiger partial charge in [0.1, 0.15) is 11.6 Å². The molecule has 1 aromatic heterocycles. The number of aromatic nitrogens is 1. The van der Waals surface area contributed by atoms with E-state index in [0.29, 0.717) is 5.69 Å². The number of carboxylic acid groups (broad SMARTS) is 1. The van der Waals surface area contributed by atoms with Gasteiger partial charge in [0.05, 0.1) is 11.1 Å². The first-order valence-electron chi connectivity index (χ1n) is 12.4. The van der Waals surface area contributed by atoms with Crippen molar-refractivity contribution in [3.05, 3.63) is 101 Å². The van der Waals surface area contributed by atoms with Crippen molar-refractivity contribution in [1.29, 1.82) is 0 Å². The van der Waals surface area contributed by atoms with Gasteiger partial charge in [0.25, 0.3) is 0 Å². The first-order chi connectivity index (χ1) is 19.3. The van der Waals surface area contributed by atoms with Crippen LogP contribution in [0.25, 0.3) is 22.2 Å². The number of halogens is 4. The smallest absolute Gasteiger partial charge is 0.416 e. The molecule has 0 bridgehead atoms. The van der Waals surface area contributed by atoms with E-state index in [0.717, 1.165) is 47.5 Å². The lowest BCUT2D eigenvalue weighted by atomic mass is 9.84. The molecule has 1 aliphatic carbocycles. The lowest BCUT2D eigenvalue weighted by Gasteiger charge is -2.25.